The minimum absolute atomic E-state index is 0.243. The van der Waals surface area contributed by atoms with Gasteiger partial charge in [0.25, 0.3) is 0 Å². The van der Waals surface area contributed by atoms with E-state index in [4.69, 9.17) is 9.40 Å². The fraction of sp³-hybridized carbons (Fsp3) is 0.686. The average Bonchev–Trinajstić information content (AvgIpc) is 3.46. The molecule has 1 heterocycles. The largest absolute Gasteiger partial charge is 0.448 e. The first kappa shape index (κ1) is 29.5. The van der Waals surface area contributed by atoms with Crippen molar-refractivity contribution < 1.29 is 19.7 Å². The molecule has 0 spiro atoms. The number of unbranched alkanes of at least 4 members (excludes halogenated alkanes) is 2. The van der Waals surface area contributed by atoms with E-state index in [0.717, 1.165) is 48.9 Å². The quantitative estimate of drug-likeness (QED) is 0.213. The first-order valence-electron chi connectivity index (χ1n) is 15.9. The number of nitrogens with zero attached hydrogens (tertiary/aromatic N) is 1. The van der Waals surface area contributed by atoms with Crippen molar-refractivity contribution in [1.82, 2.24) is 4.98 Å². The van der Waals surface area contributed by atoms with Crippen molar-refractivity contribution in [3.05, 3.63) is 65.5 Å². The van der Waals surface area contributed by atoms with Gasteiger partial charge in [0.2, 0.25) is 5.89 Å². The van der Waals surface area contributed by atoms with Crippen LogP contribution in [0.3, 0.4) is 0 Å². The molecule has 0 unspecified atom stereocenters. The number of hydrogen-bond donors (Lipinski definition) is 3. The van der Waals surface area contributed by atoms with Crippen molar-refractivity contribution in [1.29, 1.82) is 0 Å². The molecule has 5 heteroatoms. The molecule has 0 saturated heterocycles. The predicted molar refractivity (Wildman–Crippen MR) is 160 cm³/mol. The van der Waals surface area contributed by atoms with Crippen LogP contribution in [-0.2, 0) is 11.8 Å². The van der Waals surface area contributed by atoms with E-state index in [0.29, 0.717) is 36.5 Å². The Morgan fingerprint density at radius 2 is 1.95 bits per heavy atom. The van der Waals surface area contributed by atoms with E-state index >= 15 is 0 Å². The van der Waals surface area contributed by atoms with Gasteiger partial charge in [-0.3, -0.25) is 0 Å². The fourth-order valence-corrected chi connectivity index (χ4v) is 8.18. The molecule has 5 nitrogen and oxygen atoms in total. The van der Waals surface area contributed by atoms with Gasteiger partial charge in [-0.25, -0.2) is 4.98 Å². The highest BCUT2D eigenvalue weighted by Crippen LogP contribution is 2.60. The minimum Gasteiger partial charge on any atom is -0.448 e. The summed E-state index contributed by atoms with van der Waals surface area (Å²) < 4.78 is 5.88. The summed E-state index contributed by atoms with van der Waals surface area (Å²) in [7, 11) is 0. The van der Waals surface area contributed by atoms with E-state index in [1.165, 1.54) is 44.1 Å². The Labute approximate surface area is 241 Å². The number of rotatable bonds is 10. The van der Waals surface area contributed by atoms with Crippen LogP contribution in [0.2, 0.25) is 0 Å². The van der Waals surface area contributed by atoms with E-state index in [1.807, 2.05) is 6.08 Å². The highest BCUT2D eigenvalue weighted by Gasteiger charge is 2.54. The average molecular weight is 550 g/mol. The monoisotopic (exact) mass is 549 g/mol. The van der Waals surface area contributed by atoms with Crippen molar-refractivity contribution in [2.75, 3.05) is 0 Å². The molecule has 4 aliphatic carbocycles. The lowest BCUT2D eigenvalue weighted by Gasteiger charge is -2.44. The van der Waals surface area contributed by atoms with Crippen LogP contribution in [0.4, 0.5) is 0 Å². The molecule has 0 aromatic carbocycles. The number of aromatic nitrogens is 1. The molecule has 1 aromatic rings. The molecule has 0 amide bonds. The summed E-state index contributed by atoms with van der Waals surface area (Å²) >= 11 is 0. The zero-order valence-corrected chi connectivity index (χ0v) is 24.9. The molecule has 220 valence electrons. The maximum absolute atomic E-state index is 11.3. The third kappa shape index (κ3) is 5.84. The lowest BCUT2D eigenvalue weighted by molar-refractivity contribution is 0.0862. The Morgan fingerprint density at radius 1 is 1.15 bits per heavy atom. The van der Waals surface area contributed by atoms with Crippen LogP contribution in [0.1, 0.15) is 109 Å². The van der Waals surface area contributed by atoms with Gasteiger partial charge < -0.3 is 19.7 Å². The Morgan fingerprint density at radius 3 is 2.70 bits per heavy atom. The minimum atomic E-state index is -0.643. The van der Waals surface area contributed by atoms with Crippen LogP contribution in [0.25, 0.3) is 0 Å². The summed E-state index contributed by atoms with van der Waals surface area (Å²) in [6.07, 6.45) is 22.0. The summed E-state index contributed by atoms with van der Waals surface area (Å²) in [5.41, 5.74) is 4.17. The zero-order valence-electron chi connectivity index (χ0n) is 24.9. The van der Waals surface area contributed by atoms with Crippen molar-refractivity contribution in [2.24, 2.45) is 23.2 Å². The Balaban J connectivity index is 1.24. The number of allylic oxidation sites excluding steroid dienone is 4. The van der Waals surface area contributed by atoms with Gasteiger partial charge in [0.05, 0.1) is 29.4 Å². The normalized spacial score (nSPS) is 35.4. The summed E-state index contributed by atoms with van der Waals surface area (Å²) in [6, 6.07) is 0. The second-order valence-electron chi connectivity index (χ2n) is 13.6. The van der Waals surface area contributed by atoms with E-state index in [-0.39, 0.29) is 10.8 Å². The first-order valence-corrected chi connectivity index (χ1v) is 15.9. The summed E-state index contributed by atoms with van der Waals surface area (Å²) in [4.78, 5) is 4.77. The Kier molecular flexibility index (Phi) is 8.94. The smallest absolute Gasteiger partial charge is 0.203 e. The molecule has 1 aromatic heterocycles. The van der Waals surface area contributed by atoms with Crippen LogP contribution in [0, 0.1) is 23.2 Å². The van der Waals surface area contributed by atoms with Crippen molar-refractivity contribution in [2.45, 2.75) is 128 Å². The zero-order chi connectivity index (χ0) is 28.5. The number of fused-ring (bicyclic) bond motifs is 1. The molecular formula is C35H51NO4. The molecule has 5 rings (SSSR count). The van der Waals surface area contributed by atoms with Gasteiger partial charge in [-0.1, -0.05) is 70.1 Å². The number of oxazole rings is 1. The van der Waals surface area contributed by atoms with Crippen LogP contribution < -0.4 is 0 Å². The second kappa shape index (κ2) is 12.1. The van der Waals surface area contributed by atoms with Crippen LogP contribution >= 0.6 is 0 Å². The Bertz CT molecular complexity index is 1140. The molecule has 4 fully saturated rings. The third-order valence-electron chi connectivity index (χ3n) is 10.9. The van der Waals surface area contributed by atoms with Gasteiger partial charge in [0.1, 0.15) is 6.26 Å². The molecule has 4 saturated carbocycles. The third-order valence-corrected chi connectivity index (χ3v) is 10.9. The molecule has 0 radical (unpaired) electrons. The number of hydrogen-bond acceptors (Lipinski definition) is 5. The predicted octanol–water partition coefficient (Wildman–Crippen LogP) is 7.13. The Hall–Kier alpha value is -1.95. The second-order valence-corrected chi connectivity index (χ2v) is 13.6. The van der Waals surface area contributed by atoms with Crippen molar-refractivity contribution >= 4 is 0 Å². The highest BCUT2D eigenvalue weighted by atomic mass is 16.3. The summed E-state index contributed by atoms with van der Waals surface area (Å²) in [5, 5.41) is 31.6. The van der Waals surface area contributed by atoms with Gasteiger partial charge in [-0.05, 0) is 98.5 Å². The molecule has 4 aliphatic rings. The van der Waals surface area contributed by atoms with Crippen molar-refractivity contribution in [3.8, 4) is 0 Å². The summed E-state index contributed by atoms with van der Waals surface area (Å²) in [6.45, 7) is 11.1. The highest BCUT2D eigenvalue weighted by molar-refractivity contribution is 5.38. The number of aliphatic hydroxyl groups is 3. The van der Waals surface area contributed by atoms with Gasteiger partial charge in [0.15, 0.2) is 0 Å². The lowest BCUT2D eigenvalue weighted by Crippen LogP contribution is -2.35. The molecule has 0 bridgehead atoms. The van der Waals surface area contributed by atoms with E-state index in [1.54, 1.807) is 6.26 Å². The van der Waals surface area contributed by atoms with E-state index < -0.39 is 18.3 Å². The molecular weight excluding hydrogens is 498 g/mol. The van der Waals surface area contributed by atoms with Gasteiger partial charge in [-0.2, -0.15) is 0 Å². The van der Waals surface area contributed by atoms with Gasteiger partial charge in [-0.15, -0.1) is 0 Å². The molecule has 3 N–H and O–H groups in total. The van der Waals surface area contributed by atoms with Gasteiger partial charge in [0, 0.05) is 6.42 Å². The van der Waals surface area contributed by atoms with Gasteiger partial charge >= 0.3 is 0 Å². The fourth-order valence-electron chi connectivity index (χ4n) is 8.18. The van der Waals surface area contributed by atoms with Crippen LogP contribution in [0.5, 0.6) is 0 Å². The van der Waals surface area contributed by atoms with E-state index in [9.17, 15) is 15.3 Å². The number of aryl methyl sites for hydroxylation is 1. The van der Waals surface area contributed by atoms with Crippen molar-refractivity contribution in [3.63, 3.8) is 0 Å². The molecule has 0 aliphatic heterocycles. The molecule has 7 atom stereocenters. The summed E-state index contributed by atoms with van der Waals surface area (Å²) in [5.74, 6) is 2.24. The van der Waals surface area contributed by atoms with Crippen LogP contribution in [0.15, 0.2) is 58.3 Å². The number of aliphatic hydroxyl groups excluding tert-OH is 3. The van der Waals surface area contributed by atoms with Crippen LogP contribution in [-0.4, -0.2) is 38.6 Å². The standard InChI is InChI=1S/C35H51NO4/c1-5-6-7-10-27-22-40-33(36-27)35(18-19-35)32(39)16-11-23(2)29-14-15-30-25(9-8-17-34(29,30)4)12-13-26-20-28(37)21-31(38)24(26)3/h11-13,16,22-23,28-32,37-39H,3,5-10,14-15,17-21H2,1-2,4H3/t23-,28-,29-,30+,31+,32+,34-/m1/s1. The molecule has 40 heavy (non-hydrogen) atoms. The first-order chi connectivity index (χ1) is 19.2. The topological polar surface area (TPSA) is 86.7 Å². The maximum Gasteiger partial charge on any atom is 0.203 e. The SMILES string of the molecule is C=C1C(=CC=C2CCC[C@]3(C)[C@@H]([C@H](C)C=C[C@H](O)C4(c5nc(CCCCC)co5)CC4)CC[C@@H]23)C[C@@H](O)C[C@@H]1O. The van der Waals surface area contributed by atoms with E-state index in [2.05, 4.69) is 45.6 Å². The lowest BCUT2D eigenvalue weighted by atomic mass is 9.61. The maximum atomic E-state index is 11.3.